The molecule has 1 atom stereocenters. The van der Waals surface area contributed by atoms with E-state index in [1.807, 2.05) is 0 Å². The van der Waals surface area contributed by atoms with Gasteiger partial charge in [0.2, 0.25) is 0 Å². The van der Waals surface area contributed by atoms with Gasteiger partial charge in [0.15, 0.2) is 0 Å². The highest BCUT2D eigenvalue weighted by Gasteiger charge is 2.25. The van der Waals surface area contributed by atoms with Gasteiger partial charge in [-0.25, -0.2) is 0 Å². The van der Waals surface area contributed by atoms with Crippen LogP contribution in [0.5, 0.6) is 0 Å². The Bertz CT molecular complexity index is 233. The monoisotopic (exact) mass is 270 g/mol. The second-order valence-corrected chi connectivity index (χ2v) is 7.15. The molecule has 1 aliphatic rings. The van der Waals surface area contributed by atoms with Gasteiger partial charge in [-0.1, -0.05) is 27.7 Å². The topological polar surface area (TPSA) is 24.5 Å². The molecule has 1 unspecified atom stereocenters. The molecular weight excluding hydrogens is 236 g/mol. The van der Waals surface area contributed by atoms with Crippen molar-refractivity contribution in [2.24, 2.45) is 11.3 Å². The fraction of sp³-hybridized carbons (Fsp3) is 1.00. The van der Waals surface area contributed by atoms with E-state index < -0.39 is 0 Å². The van der Waals surface area contributed by atoms with Crippen LogP contribution in [0.3, 0.4) is 0 Å². The molecule has 0 bridgehead atoms. The van der Waals surface area contributed by atoms with E-state index in [0.29, 0.717) is 11.5 Å². The van der Waals surface area contributed by atoms with Crippen molar-refractivity contribution in [3.05, 3.63) is 0 Å². The van der Waals surface area contributed by atoms with Crippen LogP contribution in [0.4, 0.5) is 0 Å². The maximum atomic E-state index is 5.71. The zero-order chi connectivity index (χ0) is 14.3. The molecular formula is C16H34N2O. The maximum absolute atomic E-state index is 5.71. The first kappa shape index (κ1) is 16.9. The minimum Gasteiger partial charge on any atom is -0.380 e. The number of ether oxygens (including phenoxy) is 1. The summed E-state index contributed by atoms with van der Waals surface area (Å²) >= 11 is 0. The van der Waals surface area contributed by atoms with E-state index in [4.69, 9.17) is 4.74 Å². The van der Waals surface area contributed by atoms with Gasteiger partial charge in [0, 0.05) is 25.7 Å². The van der Waals surface area contributed by atoms with Gasteiger partial charge in [0.1, 0.15) is 0 Å². The molecule has 114 valence electrons. The largest absolute Gasteiger partial charge is 0.380 e. The Kier molecular flexibility index (Phi) is 7.33. The van der Waals surface area contributed by atoms with Crippen LogP contribution >= 0.6 is 0 Å². The van der Waals surface area contributed by atoms with E-state index in [2.05, 4.69) is 45.0 Å². The number of hydrogen-bond donors (Lipinski definition) is 1. The van der Waals surface area contributed by atoms with Gasteiger partial charge in [-0.15, -0.1) is 0 Å². The third-order valence-electron chi connectivity index (χ3n) is 3.85. The molecule has 3 heteroatoms. The molecule has 1 N–H and O–H groups in total. The minimum atomic E-state index is 0.304. The van der Waals surface area contributed by atoms with Crippen molar-refractivity contribution in [3.8, 4) is 0 Å². The van der Waals surface area contributed by atoms with E-state index in [-0.39, 0.29) is 0 Å². The van der Waals surface area contributed by atoms with E-state index in [1.54, 1.807) is 0 Å². The average molecular weight is 270 g/mol. The summed E-state index contributed by atoms with van der Waals surface area (Å²) in [4.78, 5) is 2.39. The number of rotatable bonds is 10. The molecule has 0 aromatic rings. The van der Waals surface area contributed by atoms with Crippen LogP contribution in [0.15, 0.2) is 0 Å². The van der Waals surface area contributed by atoms with Crippen LogP contribution in [-0.2, 0) is 4.74 Å². The molecule has 0 aromatic heterocycles. The summed E-state index contributed by atoms with van der Waals surface area (Å²) in [7, 11) is 2.20. The predicted octanol–water partition coefficient (Wildman–Crippen LogP) is 2.76. The van der Waals surface area contributed by atoms with Gasteiger partial charge < -0.3 is 15.0 Å². The Morgan fingerprint density at radius 3 is 2.53 bits per heavy atom. The Labute approximate surface area is 120 Å². The molecule has 1 fully saturated rings. The van der Waals surface area contributed by atoms with Crippen LogP contribution in [0.25, 0.3) is 0 Å². The maximum Gasteiger partial charge on any atom is 0.0593 e. The van der Waals surface area contributed by atoms with Gasteiger partial charge in [-0.05, 0) is 44.2 Å². The van der Waals surface area contributed by atoms with Crippen molar-refractivity contribution in [2.45, 2.75) is 53.0 Å². The number of likely N-dealkylation sites (N-methyl/N-ethyl adjacent to an activating group) is 1. The van der Waals surface area contributed by atoms with Crippen molar-refractivity contribution in [1.82, 2.24) is 10.2 Å². The fourth-order valence-electron chi connectivity index (χ4n) is 2.12. The molecule has 0 aliphatic heterocycles. The van der Waals surface area contributed by atoms with Crippen LogP contribution in [-0.4, -0.2) is 50.8 Å². The average Bonchev–Trinajstić information content (AvgIpc) is 3.12. The van der Waals surface area contributed by atoms with Crippen LogP contribution in [0, 0.1) is 11.3 Å². The van der Waals surface area contributed by atoms with E-state index >= 15 is 0 Å². The molecule has 1 aliphatic carbocycles. The summed E-state index contributed by atoms with van der Waals surface area (Å²) in [5.41, 5.74) is 0.304. The molecule has 0 amide bonds. The quantitative estimate of drug-likeness (QED) is 0.618. The summed E-state index contributed by atoms with van der Waals surface area (Å²) in [5.74, 6) is 0.874. The second kappa shape index (κ2) is 8.23. The lowest BCUT2D eigenvalue weighted by molar-refractivity contribution is 0.0943. The number of hydrogen-bond acceptors (Lipinski definition) is 3. The van der Waals surface area contributed by atoms with Crippen LogP contribution in [0.2, 0.25) is 0 Å². The first-order chi connectivity index (χ1) is 8.93. The Balaban J connectivity index is 2.18. The van der Waals surface area contributed by atoms with Crippen molar-refractivity contribution in [1.29, 1.82) is 0 Å². The van der Waals surface area contributed by atoms with Gasteiger partial charge >= 0.3 is 0 Å². The van der Waals surface area contributed by atoms with Gasteiger partial charge in [0.25, 0.3) is 0 Å². The van der Waals surface area contributed by atoms with Gasteiger partial charge in [-0.3, -0.25) is 0 Å². The van der Waals surface area contributed by atoms with Crippen LogP contribution < -0.4 is 5.32 Å². The van der Waals surface area contributed by atoms with E-state index in [9.17, 15) is 0 Å². The normalized spacial score (nSPS) is 18.0. The Hall–Kier alpha value is -0.120. The molecule has 0 saturated heterocycles. The first-order valence-corrected chi connectivity index (χ1v) is 7.93. The van der Waals surface area contributed by atoms with Crippen molar-refractivity contribution >= 4 is 0 Å². The van der Waals surface area contributed by atoms with E-state index in [0.717, 1.165) is 38.8 Å². The van der Waals surface area contributed by atoms with Crippen molar-refractivity contribution in [2.75, 3.05) is 39.9 Å². The summed E-state index contributed by atoms with van der Waals surface area (Å²) < 4.78 is 5.71. The highest BCUT2D eigenvalue weighted by Crippen LogP contribution is 2.28. The standard InChI is InChI=1S/C16H34N2O/c1-6-9-17-15(16(2,3)4)12-18(5)10-11-19-13-14-7-8-14/h14-15,17H,6-13H2,1-5H3. The highest BCUT2D eigenvalue weighted by atomic mass is 16.5. The lowest BCUT2D eigenvalue weighted by atomic mass is 9.86. The SMILES string of the molecule is CCCNC(CN(C)CCOCC1CC1)C(C)(C)C. The number of nitrogens with zero attached hydrogens (tertiary/aromatic N) is 1. The lowest BCUT2D eigenvalue weighted by Gasteiger charge is -2.35. The molecule has 3 nitrogen and oxygen atoms in total. The molecule has 0 radical (unpaired) electrons. The molecule has 0 aromatic carbocycles. The zero-order valence-corrected chi connectivity index (χ0v) is 13.7. The summed E-state index contributed by atoms with van der Waals surface area (Å²) in [5, 5.41) is 3.68. The third-order valence-corrected chi connectivity index (χ3v) is 3.85. The van der Waals surface area contributed by atoms with Crippen molar-refractivity contribution in [3.63, 3.8) is 0 Å². The zero-order valence-electron chi connectivity index (χ0n) is 13.7. The molecule has 1 saturated carbocycles. The minimum absolute atomic E-state index is 0.304. The Morgan fingerprint density at radius 2 is 2.00 bits per heavy atom. The van der Waals surface area contributed by atoms with Gasteiger partial charge in [0.05, 0.1) is 6.61 Å². The summed E-state index contributed by atoms with van der Waals surface area (Å²) in [6, 6.07) is 0.542. The molecule has 0 spiro atoms. The summed E-state index contributed by atoms with van der Waals surface area (Å²) in [6.45, 7) is 14.3. The molecule has 19 heavy (non-hydrogen) atoms. The fourth-order valence-corrected chi connectivity index (χ4v) is 2.12. The second-order valence-electron chi connectivity index (χ2n) is 7.15. The lowest BCUT2D eigenvalue weighted by Crippen LogP contribution is -2.48. The molecule has 1 rings (SSSR count). The Morgan fingerprint density at radius 1 is 1.32 bits per heavy atom. The smallest absolute Gasteiger partial charge is 0.0593 e. The van der Waals surface area contributed by atoms with Gasteiger partial charge in [-0.2, -0.15) is 0 Å². The number of nitrogens with one attached hydrogen (secondary N) is 1. The first-order valence-electron chi connectivity index (χ1n) is 7.93. The highest BCUT2D eigenvalue weighted by molar-refractivity contribution is 4.82. The predicted molar refractivity (Wildman–Crippen MR) is 82.6 cm³/mol. The third kappa shape index (κ3) is 7.91. The van der Waals surface area contributed by atoms with E-state index in [1.165, 1.54) is 19.3 Å². The van der Waals surface area contributed by atoms with Crippen LogP contribution in [0.1, 0.15) is 47.0 Å². The summed E-state index contributed by atoms with van der Waals surface area (Å²) in [6.07, 6.45) is 3.95. The van der Waals surface area contributed by atoms with Crippen molar-refractivity contribution < 1.29 is 4.74 Å². The molecule has 0 heterocycles.